The second-order valence-electron chi connectivity index (χ2n) is 5.76. The summed E-state index contributed by atoms with van der Waals surface area (Å²) in [5, 5.41) is 7.98. The second-order valence-corrected chi connectivity index (χ2v) is 5.76. The summed E-state index contributed by atoms with van der Waals surface area (Å²) in [5.74, 6) is 0.225. The minimum atomic E-state index is -0.253. The molecule has 0 bridgehead atoms. The third-order valence-electron chi connectivity index (χ3n) is 4.17. The van der Waals surface area contributed by atoms with Gasteiger partial charge in [0.2, 0.25) is 5.76 Å². The lowest BCUT2D eigenvalue weighted by Gasteiger charge is -2.03. The van der Waals surface area contributed by atoms with Crippen molar-refractivity contribution in [2.24, 2.45) is 0 Å². The smallest absolute Gasteiger partial charge is 0.290 e. The largest absolute Gasteiger partial charge is 0.381 e. The predicted molar refractivity (Wildman–Crippen MR) is 84.1 cm³/mol. The molecule has 3 aromatic rings. The Balaban J connectivity index is 1.41. The molecule has 3 heterocycles. The number of fused-ring (bicyclic) bond motifs is 1. The number of ether oxygens (including phenoxy) is 1. The predicted octanol–water partition coefficient (Wildman–Crippen LogP) is 2.59. The molecule has 4 rings (SSSR count). The van der Waals surface area contributed by atoms with Crippen LogP contribution in [0.4, 0.5) is 0 Å². The Bertz CT molecular complexity index is 830. The first-order chi connectivity index (χ1) is 11.3. The van der Waals surface area contributed by atoms with Crippen LogP contribution in [0.1, 0.15) is 34.2 Å². The fourth-order valence-electron chi connectivity index (χ4n) is 2.84. The number of nitrogens with zero attached hydrogens (tertiary/aromatic N) is 1. The van der Waals surface area contributed by atoms with E-state index in [0.29, 0.717) is 13.2 Å². The van der Waals surface area contributed by atoms with Gasteiger partial charge in [0.15, 0.2) is 0 Å². The molecule has 1 atom stereocenters. The summed E-state index contributed by atoms with van der Waals surface area (Å²) < 4.78 is 10.5. The zero-order valence-electron chi connectivity index (χ0n) is 12.5. The zero-order chi connectivity index (χ0) is 15.6. The van der Waals surface area contributed by atoms with Crippen LogP contribution in [0.5, 0.6) is 0 Å². The monoisotopic (exact) mass is 311 g/mol. The van der Waals surface area contributed by atoms with Crippen LogP contribution >= 0.6 is 0 Å². The number of benzene rings is 1. The van der Waals surface area contributed by atoms with Crippen molar-refractivity contribution in [1.82, 2.24) is 15.5 Å². The standard InChI is InChI=1S/C17H17N3O3/c21-17(16-8-15(20-23-16)13-4-6-22-10-13)19-9-11-1-2-14-12(7-11)3-5-18-14/h1-3,5,7-8,13,18H,4,6,9-10H2,(H,19,21)/t13-/m0/s1. The van der Waals surface area contributed by atoms with Gasteiger partial charge in [0.05, 0.1) is 12.3 Å². The zero-order valence-corrected chi connectivity index (χ0v) is 12.5. The molecule has 1 aliphatic rings. The fourth-order valence-corrected chi connectivity index (χ4v) is 2.84. The van der Waals surface area contributed by atoms with E-state index < -0.39 is 0 Å². The lowest BCUT2D eigenvalue weighted by Crippen LogP contribution is -2.22. The number of carbonyl (C=O) groups excluding carboxylic acids is 1. The number of aromatic amines is 1. The van der Waals surface area contributed by atoms with Crippen LogP contribution in [0, 0.1) is 0 Å². The fraction of sp³-hybridized carbons (Fsp3) is 0.294. The van der Waals surface area contributed by atoms with Crippen molar-refractivity contribution in [3.63, 3.8) is 0 Å². The molecule has 6 nitrogen and oxygen atoms in total. The highest BCUT2D eigenvalue weighted by atomic mass is 16.5. The summed E-state index contributed by atoms with van der Waals surface area (Å²) in [6, 6.07) is 9.76. The molecule has 1 aliphatic heterocycles. The molecule has 0 spiro atoms. The molecule has 118 valence electrons. The van der Waals surface area contributed by atoms with Gasteiger partial charge in [-0.2, -0.15) is 0 Å². The van der Waals surface area contributed by atoms with Gasteiger partial charge in [0.25, 0.3) is 5.91 Å². The summed E-state index contributed by atoms with van der Waals surface area (Å²) >= 11 is 0. The molecule has 1 saturated heterocycles. The van der Waals surface area contributed by atoms with Crippen LogP contribution < -0.4 is 5.32 Å². The number of carbonyl (C=O) groups is 1. The molecule has 0 radical (unpaired) electrons. The molecule has 1 amide bonds. The van der Waals surface area contributed by atoms with Gasteiger partial charge in [-0.25, -0.2) is 0 Å². The maximum Gasteiger partial charge on any atom is 0.290 e. The van der Waals surface area contributed by atoms with Crippen LogP contribution in [0.2, 0.25) is 0 Å². The molecule has 0 unspecified atom stereocenters. The van der Waals surface area contributed by atoms with Crippen LogP contribution in [-0.2, 0) is 11.3 Å². The maximum absolute atomic E-state index is 12.2. The Morgan fingerprint density at radius 2 is 2.30 bits per heavy atom. The topological polar surface area (TPSA) is 80.2 Å². The van der Waals surface area contributed by atoms with E-state index in [4.69, 9.17) is 9.26 Å². The van der Waals surface area contributed by atoms with Gasteiger partial charge in [0.1, 0.15) is 0 Å². The van der Waals surface area contributed by atoms with Gasteiger partial charge in [-0.15, -0.1) is 0 Å². The molecule has 1 aromatic carbocycles. The first-order valence-corrected chi connectivity index (χ1v) is 7.68. The third-order valence-corrected chi connectivity index (χ3v) is 4.17. The highest BCUT2D eigenvalue weighted by Crippen LogP contribution is 2.24. The lowest BCUT2D eigenvalue weighted by molar-refractivity contribution is 0.0914. The number of rotatable bonds is 4. The summed E-state index contributed by atoms with van der Waals surface area (Å²) in [5.41, 5.74) is 2.91. The van der Waals surface area contributed by atoms with Gasteiger partial charge in [0, 0.05) is 36.8 Å². The molecule has 6 heteroatoms. The maximum atomic E-state index is 12.2. The van der Waals surface area contributed by atoms with Crippen LogP contribution in [0.25, 0.3) is 10.9 Å². The second kappa shape index (κ2) is 5.89. The number of aromatic nitrogens is 2. The van der Waals surface area contributed by atoms with Crippen molar-refractivity contribution in [1.29, 1.82) is 0 Å². The van der Waals surface area contributed by atoms with E-state index in [0.717, 1.165) is 35.2 Å². The Hall–Kier alpha value is -2.60. The van der Waals surface area contributed by atoms with Crippen molar-refractivity contribution < 1.29 is 14.1 Å². The number of hydrogen-bond acceptors (Lipinski definition) is 4. The summed E-state index contributed by atoms with van der Waals surface area (Å²) in [6.45, 7) is 1.83. The van der Waals surface area contributed by atoms with Crippen molar-refractivity contribution in [3.05, 3.63) is 53.5 Å². The summed E-state index contributed by atoms with van der Waals surface area (Å²) in [6.07, 6.45) is 2.82. The molecule has 0 saturated carbocycles. The normalized spacial score (nSPS) is 17.7. The van der Waals surface area contributed by atoms with Gasteiger partial charge in [-0.05, 0) is 35.6 Å². The minimum absolute atomic E-state index is 0.233. The highest BCUT2D eigenvalue weighted by Gasteiger charge is 2.23. The SMILES string of the molecule is O=C(NCc1ccc2[nH]ccc2c1)c1cc([C@H]2CCOC2)no1. The Morgan fingerprint density at radius 3 is 3.17 bits per heavy atom. The van der Waals surface area contributed by atoms with Crippen molar-refractivity contribution in [2.75, 3.05) is 13.2 Å². The van der Waals surface area contributed by atoms with Crippen molar-refractivity contribution in [3.8, 4) is 0 Å². The Kier molecular flexibility index (Phi) is 3.59. The number of amides is 1. The molecular weight excluding hydrogens is 294 g/mol. The Morgan fingerprint density at radius 1 is 1.35 bits per heavy atom. The summed E-state index contributed by atoms with van der Waals surface area (Å²) in [7, 11) is 0. The first-order valence-electron chi connectivity index (χ1n) is 7.68. The average molecular weight is 311 g/mol. The minimum Gasteiger partial charge on any atom is -0.381 e. The highest BCUT2D eigenvalue weighted by molar-refractivity contribution is 5.91. The van der Waals surface area contributed by atoms with E-state index in [1.165, 1.54) is 0 Å². The van der Waals surface area contributed by atoms with E-state index in [-0.39, 0.29) is 17.6 Å². The molecule has 1 fully saturated rings. The van der Waals surface area contributed by atoms with Crippen LogP contribution in [0.3, 0.4) is 0 Å². The van der Waals surface area contributed by atoms with Gasteiger partial charge in [-0.1, -0.05) is 11.2 Å². The number of nitrogens with one attached hydrogen (secondary N) is 2. The van der Waals surface area contributed by atoms with E-state index in [2.05, 4.69) is 15.5 Å². The van der Waals surface area contributed by atoms with Gasteiger partial charge < -0.3 is 19.6 Å². The third kappa shape index (κ3) is 2.85. The molecule has 2 aromatic heterocycles. The molecule has 0 aliphatic carbocycles. The number of hydrogen-bond donors (Lipinski definition) is 2. The average Bonchev–Trinajstić information content (AvgIpc) is 3.32. The first kappa shape index (κ1) is 14.0. The van der Waals surface area contributed by atoms with Gasteiger partial charge >= 0.3 is 0 Å². The molecular formula is C17H17N3O3. The van der Waals surface area contributed by atoms with E-state index >= 15 is 0 Å². The van der Waals surface area contributed by atoms with E-state index in [1.54, 1.807) is 6.07 Å². The van der Waals surface area contributed by atoms with Gasteiger partial charge in [-0.3, -0.25) is 4.79 Å². The van der Waals surface area contributed by atoms with Crippen LogP contribution in [-0.4, -0.2) is 29.3 Å². The quantitative estimate of drug-likeness (QED) is 0.776. The number of H-pyrrole nitrogens is 1. The van der Waals surface area contributed by atoms with Crippen molar-refractivity contribution in [2.45, 2.75) is 18.9 Å². The van der Waals surface area contributed by atoms with E-state index in [1.807, 2.05) is 30.5 Å². The van der Waals surface area contributed by atoms with Crippen molar-refractivity contribution >= 4 is 16.8 Å². The summed E-state index contributed by atoms with van der Waals surface area (Å²) in [4.78, 5) is 15.3. The molecule has 2 N–H and O–H groups in total. The molecule has 23 heavy (non-hydrogen) atoms. The Labute approximate surface area is 132 Å². The lowest BCUT2D eigenvalue weighted by atomic mass is 10.1. The van der Waals surface area contributed by atoms with E-state index in [9.17, 15) is 4.79 Å². The van der Waals surface area contributed by atoms with Crippen LogP contribution in [0.15, 0.2) is 41.1 Å².